The SMILES string of the molecule is Cc1ccc(CC(C)NC(C)c2ccc(N(C)C)cc2)s1. The number of benzene rings is 1. The monoisotopic (exact) mass is 302 g/mol. The second-order valence-electron chi connectivity index (χ2n) is 5.99. The van der Waals surface area contributed by atoms with E-state index in [1.807, 2.05) is 11.3 Å². The van der Waals surface area contributed by atoms with Crippen LogP contribution in [0, 0.1) is 6.92 Å². The third-order valence-corrected chi connectivity index (χ3v) is 4.77. The van der Waals surface area contributed by atoms with Gasteiger partial charge >= 0.3 is 0 Å². The van der Waals surface area contributed by atoms with Gasteiger partial charge in [-0.25, -0.2) is 0 Å². The van der Waals surface area contributed by atoms with Gasteiger partial charge in [0, 0.05) is 41.6 Å². The minimum absolute atomic E-state index is 0.372. The van der Waals surface area contributed by atoms with Crippen molar-refractivity contribution >= 4 is 17.0 Å². The zero-order valence-electron chi connectivity index (χ0n) is 13.7. The first-order valence-electron chi connectivity index (χ1n) is 7.54. The smallest absolute Gasteiger partial charge is 0.0361 e. The summed E-state index contributed by atoms with van der Waals surface area (Å²) in [4.78, 5) is 4.98. The largest absolute Gasteiger partial charge is 0.378 e. The lowest BCUT2D eigenvalue weighted by atomic mass is 10.1. The van der Waals surface area contributed by atoms with Crippen LogP contribution in [0.15, 0.2) is 36.4 Å². The molecule has 1 N–H and O–H groups in total. The number of rotatable bonds is 6. The first-order valence-corrected chi connectivity index (χ1v) is 8.36. The number of nitrogens with one attached hydrogen (secondary N) is 1. The van der Waals surface area contributed by atoms with Crippen molar-refractivity contribution in [3.05, 3.63) is 51.7 Å². The Kier molecular flexibility index (Phi) is 5.43. The fourth-order valence-electron chi connectivity index (χ4n) is 2.54. The van der Waals surface area contributed by atoms with Gasteiger partial charge in [-0.15, -0.1) is 11.3 Å². The molecule has 0 radical (unpaired) electrons. The molecule has 2 nitrogen and oxygen atoms in total. The van der Waals surface area contributed by atoms with Crippen LogP contribution in [0.5, 0.6) is 0 Å². The predicted octanol–water partition coefficient (Wildman–Crippen LogP) is 4.40. The highest BCUT2D eigenvalue weighted by Crippen LogP contribution is 2.20. The van der Waals surface area contributed by atoms with Crippen molar-refractivity contribution in [2.45, 2.75) is 39.3 Å². The average Bonchev–Trinajstić information content (AvgIpc) is 2.83. The van der Waals surface area contributed by atoms with Crippen molar-refractivity contribution in [3.8, 4) is 0 Å². The summed E-state index contributed by atoms with van der Waals surface area (Å²) in [5, 5.41) is 3.70. The quantitative estimate of drug-likeness (QED) is 0.850. The highest BCUT2D eigenvalue weighted by atomic mass is 32.1. The van der Waals surface area contributed by atoms with E-state index in [4.69, 9.17) is 0 Å². The molecule has 2 unspecified atom stereocenters. The fraction of sp³-hybridized carbons (Fsp3) is 0.444. The summed E-state index contributed by atoms with van der Waals surface area (Å²) in [6.45, 7) is 6.67. The van der Waals surface area contributed by atoms with E-state index in [-0.39, 0.29) is 0 Å². The topological polar surface area (TPSA) is 15.3 Å². The van der Waals surface area contributed by atoms with Crippen molar-refractivity contribution < 1.29 is 0 Å². The Morgan fingerprint density at radius 2 is 1.71 bits per heavy atom. The molecule has 0 amide bonds. The molecule has 114 valence electrons. The second kappa shape index (κ2) is 7.10. The number of hydrogen-bond donors (Lipinski definition) is 1. The first kappa shape index (κ1) is 16.1. The van der Waals surface area contributed by atoms with Crippen LogP contribution in [0.1, 0.15) is 35.2 Å². The molecular weight excluding hydrogens is 276 g/mol. The van der Waals surface area contributed by atoms with Gasteiger partial charge in [0.25, 0.3) is 0 Å². The Morgan fingerprint density at radius 1 is 1.05 bits per heavy atom. The van der Waals surface area contributed by atoms with E-state index in [1.54, 1.807) is 0 Å². The van der Waals surface area contributed by atoms with Crippen molar-refractivity contribution in [2.24, 2.45) is 0 Å². The van der Waals surface area contributed by atoms with Gasteiger partial charge in [-0.05, 0) is 57.0 Å². The van der Waals surface area contributed by atoms with Crippen LogP contribution < -0.4 is 10.2 Å². The molecule has 0 aliphatic rings. The van der Waals surface area contributed by atoms with Gasteiger partial charge in [-0.1, -0.05) is 12.1 Å². The van der Waals surface area contributed by atoms with Gasteiger partial charge in [-0.2, -0.15) is 0 Å². The zero-order valence-corrected chi connectivity index (χ0v) is 14.5. The third-order valence-electron chi connectivity index (χ3n) is 3.75. The van der Waals surface area contributed by atoms with Crippen LogP contribution in [0.25, 0.3) is 0 Å². The maximum Gasteiger partial charge on any atom is 0.0361 e. The number of hydrogen-bond acceptors (Lipinski definition) is 3. The number of anilines is 1. The molecule has 1 aromatic carbocycles. The van der Waals surface area contributed by atoms with E-state index in [1.165, 1.54) is 21.0 Å². The molecule has 1 aromatic heterocycles. The van der Waals surface area contributed by atoms with Gasteiger partial charge in [0.05, 0.1) is 0 Å². The van der Waals surface area contributed by atoms with Crippen molar-refractivity contribution in [2.75, 3.05) is 19.0 Å². The molecule has 0 spiro atoms. The summed E-state index contributed by atoms with van der Waals surface area (Å²) in [7, 11) is 4.14. The summed E-state index contributed by atoms with van der Waals surface area (Å²) < 4.78 is 0. The van der Waals surface area contributed by atoms with Gasteiger partial charge in [0.1, 0.15) is 0 Å². The minimum Gasteiger partial charge on any atom is -0.378 e. The van der Waals surface area contributed by atoms with E-state index in [9.17, 15) is 0 Å². The normalized spacial score (nSPS) is 14.0. The van der Waals surface area contributed by atoms with Gasteiger partial charge < -0.3 is 10.2 Å². The van der Waals surface area contributed by atoms with E-state index in [2.05, 4.69) is 81.5 Å². The van der Waals surface area contributed by atoms with E-state index < -0.39 is 0 Å². The molecule has 0 aliphatic heterocycles. The Labute approximate surface area is 132 Å². The van der Waals surface area contributed by atoms with Crippen LogP contribution in [0.2, 0.25) is 0 Å². The maximum atomic E-state index is 3.70. The number of aryl methyl sites for hydroxylation is 1. The van der Waals surface area contributed by atoms with Gasteiger partial charge in [-0.3, -0.25) is 0 Å². The number of thiophene rings is 1. The molecule has 1 heterocycles. The lowest BCUT2D eigenvalue weighted by Gasteiger charge is -2.21. The summed E-state index contributed by atoms with van der Waals surface area (Å²) in [6, 6.07) is 14.1. The molecule has 0 bridgehead atoms. The van der Waals surface area contributed by atoms with Crippen molar-refractivity contribution in [3.63, 3.8) is 0 Å². The average molecular weight is 302 g/mol. The molecule has 3 heteroatoms. The maximum absolute atomic E-state index is 3.70. The summed E-state index contributed by atoms with van der Waals surface area (Å²) >= 11 is 1.90. The van der Waals surface area contributed by atoms with E-state index in [0.29, 0.717) is 12.1 Å². The molecule has 0 aliphatic carbocycles. The molecule has 2 atom stereocenters. The molecule has 0 fully saturated rings. The molecular formula is C18H26N2S. The Bertz CT molecular complexity index is 557. The highest BCUT2D eigenvalue weighted by Gasteiger charge is 2.11. The molecule has 2 aromatic rings. The van der Waals surface area contributed by atoms with Crippen molar-refractivity contribution in [1.29, 1.82) is 0 Å². The Morgan fingerprint density at radius 3 is 2.24 bits per heavy atom. The minimum atomic E-state index is 0.372. The summed E-state index contributed by atoms with van der Waals surface area (Å²) in [5.74, 6) is 0. The van der Waals surface area contributed by atoms with E-state index >= 15 is 0 Å². The standard InChI is InChI=1S/C18H26N2S/c1-13(12-18-11-6-14(2)21-18)19-15(3)16-7-9-17(10-8-16)20(4)5/h6-11,13,15,19H,12H2,1-5H3. The summed E-state index contributed by atoms with van der Waals surface area (Å²) in [5.41, 5.74) is 2.59. The highest BCUT2D eigenvalue weighted by molar-refractivity contribution is 7.11. The molecule has 2 rings (SSSR count). The number of nitrogens with zero attached hydrogens (tertiary/aromatic N) is 1. The Balaban J connectivity index is 1.92. The summed E-state index contributed by atoms with van der Waals surface area (Å²) in [6.07, 6.45) is 1.10. The lowest BCUT2D eigenvalue weighted by molar-refractivity contribution is 0.479. The zero-order chi connectivity index (χ0) is 15.4. The van der Waals surface area contributed by atoms with E-state index in [0.717, 1.165) is 6.42 Å². The van der Waals surface area contributed by atoms with Crippen molar-refractivity contribution in [1.82, 2.24) is 5.32 Å². The first-order chi connectivity index (χ1) is 9.95. The van der Waals surface area contributed by atoms with Crippen LogP contribution >= 0.6 is 11.3 Å². The van der Waals surface area contributed by atoms with Gasteiger partial charge in [0.15, 0.2) is 0 Å². The fourth-order valence-corrected chi connectivity index (χ4v) is 3.56. The van der Waals surface area contributed by atoms with Crippen LogP contribution in [0.4, 0.5) is 5.69 Å². The van der Waals surface area contributed by atoms with Crippen LogP contribution in [-0.4, -0.2) is 20.1 Å². The second-order valence-corrected chi connectivity index (χ2v) is 7.36. The van der Waals surface area contributed by atoms with Gasteiger partial charge in [0.2, 0.25) is 0 Å². The Hall–Kier alpha value is -1.32. The third kappa shape index (κ3) is 4.58. The molecule has 0 saturated carbocycles. The molecule has 21 heavy (non-hydrogen) atoms. The lowest BCUT2D eigenvalue weighted by Crippen LogP contribution is -2.30. The van der Waals surface area contributed by atoms with Crippen LogP contribution in [-0.2, 0) is 6.42 Å². The predicted molar refractivity (Wildman–Crippen MR) is 94.5 cm³/mol. The molecule has 0 saturated heterocycles. The van der Waals surface area contributed by atoms with Crippen LogP contribution in [0.3, 0.4) is 0 Å².